The van der Waals surface area contributed by atoms with Crippen LogP contribution in [0.3, 0.4) is 0 Å². The van der Waals surface area contributed by atoms with Crippen LogP contribution < -0.4 is 0 Å². The zero-order valence-corrected chi connectivity index (χ0v) is 13.5. The number of amides is 2. The zero-order valence-electron chi connectivity index (χ0n) is 13.5. The molecule has 2 amide bonds. The van der Waals surface area contributed by atoms with Crippen molar-refractivity contribution < 1.29 is 9.59 Å². The van der Waals surface area contributed by atoms with Crippen LogP contribution >= 0.6 is 0 Å². The van der Waals surface area contributed by atoms with E-state index in [1.165, 1.54) is 28.0 Å². The van der Waals surface area contributed by atoms with Gasteiger partial charge in [-0.05, 0) is 44.4 Å². The minimum Gasteiger partial charge on any atom is -0.295 e. The second-order valence-corrected chi connectivity index (χ2v) is 6.49. The van der Waals surface area contributed by atoms with E-state index in [2.05, 4.69) is 36.9 Å². The second kappa shape index (κ2) is 6.21. The highest BCUT2D eigenvalue weighted by molar-refractivity contribution is 6.01. The van der Waals surface area contributed by atoms with Crippen LogP contribution in [0.2, 0.25) is 0 Å². The summed E-state index contributed by atoms with van der Waals surface area (Å²) in [5, 5.41) is 0. The first-order valence-corrected chi connectivity index (χ1v) is 8.20. The number of hydrogen-bond acceptors (Lipinski definition) is 3. The Kier molecular flexibility index (Phi) is 4.30. The second-order valence-electron chi connectivity index (χ2n) is 6.49. The third-order valence-corrected chi connectivity index (χ3v) is 4.92. The van der Waals surface area contributed by atoms with E-state index in [-0.39, 0.29) is 11.8 Å². The maximum absolute atomic E-state index is 11.7. The van der Waals surface area contributed by atoms with E-state index in [0.29, 0.717) is 25.4 Å². The van der Waals surface area contributed by atoms with Crippen LogP contribution in [-0.4, -0.2) is 41.2 Å². The fraction of sp³-hybridized carbons (Fsp3) is 0.556. The lowest BCUT2D eigenvalue weighted by molar-refractivity contribution is -0.138. The highest BCUT2D eigenvalue weighted by Gasteiger charge is 2.31. The topological polar surface area (TPSA) is 40.6 Å². The normalized spacial score (nSPS) is 22.8. The summed E-state index contributed by atoms with van der Waals surface area (Å²) in [5.41, 5.74) is 4.02. The Morgan fingerprint density at radius 3 is 2.55 bits per heavy atom. The molecule has 1 aromatic rings. The van der Waals surface area contributed by atoms with Gasteiger partial charge in [0.1, 0.15) is 0 Å². The van der Waals surface area contributed by atoms with Gasteiger partial charge < -0.3 is 0 Å². The number of nitrogens with zero attached hydrogens (tertiary/aromatic N) is 2. The first-order chi connectivity index (χ1) is 10.6. The maximum atomic E-state index is 11.7. The van der Waals surface area contributed by atoms with Crippen LogP contribution in [-0.2, 0) is 9.59 Å². The van der Waals surface area contributed by atoms with E-state index >= 15 is 0 Å². The lowest BCUT2D eigenvalue weighted by Crippen LogP contribution is -2.37. The fourth-order valence-electron chi connectivity index (χ4n) is 3.67. The average molecular weight is 300 g/mol. The standard InChI is InChI=1S/C18H24N2O2/c1-13-5-6-14(2)15(12-13)16-4-3-9-19(16)10-11-20-17(21)7-8-18(20)22/h5-6,12,16H,3-4,7-11H2,1-2H3. The van der Waals surface area contributed by atoms with Crippen molar-refractivity contribution in [3.05, 3.63) is 34.9 Å². The summed E-state index contributed by atoms with van der Waals surface area (Å²) in [6, 6.07) is 7.05. The number of hydrogen-bond donors (Lipinski definition) is 0. The molecule has 118 valence electrons. The summed E-state index contributed by atoms with van der Waals surface area (Å²) in [5.74, 6) is -0.0139. The van der Waals surface area contributed by atoms with E-state index in [1.54, 1.807) is 0 Å². The number of imide groups is 1. The van der Waals surface area contributed by atoms with Crippen molar-refractivity contribution >= 4 is 11.8 Å². The Hall–Kier alpha value is -1.68. The van der Waals surface area contributed by atoms with Crippen LogP contribution in [0.5, 0.6) is 0 Å². The molecule has 1 unspecified atom stereocenters. The SMILES string of the molecule is Cc1ccc(C)c(C2CCCN2CCN2C(=O)CCC2=O)c1. The fourth-order valence-corrected chi connectivity index (χ4v) is 3.67. The predicted molar refractivity (Wildman–Crippen MR) is 85.4 cm³/mol. The molecule has 1 atom stereocenters. The van der Waals surface area contributed by atoms with Crippen LogP contribution in [0.1, 0.15) is 48.4 Å². The maximum Gasteiger partial charge on any atom is 0.229 e. The zero-order chi connectivity index (χ0) is 15.7. The van der Waals surface area contributed by atoms with E-state index in [0.717, 1.165) is 19.5 Å². The van der Waals surface area contributed by atoms with Gasteiger partial charge in [0.25, 0.3) is 0 Å². The summed E-state index contributed by atoms with van der Waals surface area (Å²) >= 11 is 0. The number of rotatable bonds is 4. The first-order valence-electron chi connectivity index (χ1n) is 8.20. The minimum absolute atomic E-state index is 0.00696. The number of benzene rings is 1. The smallest absolute Gasteiger partial charge is 0.229 e. The van der Waals surface area contributed by atoms with E-state index in [9.17, 15) is 9.59 Å². The summed E-state index contributed by atoms with van der Waals surface area (Å²) in [4.78, 5) is 27.3. The van der Waals surface area contributed by atoms with E-state index in [4.69, 9.17) is 0 Å². The largest absolute Gasteiger partial charge is 0.295 e. The molecule has 2 aliphatic heterocycles. The summed E-state index contributed by atoms with van der Waals surface area (Å²) in [6.07, 6.45) is 3.12. The molecule has 4 heteroatoms. The van der Waals surface area contributed by atoms with Crippen LogP contribution in [0, 0.1) is 13.8 Å². The summed E-state index contributed by atoms with van der Waals surface area (Å²) in [6.45, 7) is 6.67. The quantitative estimate of drug-likeness (QED) is 0.803. The number of aryl methyl sites for hydroxylation is 2. The monoisotopic (exact) mass is 300 g/mol. The minimum atomic E-state index is -0.00696. The molecule has 22 heavy (non-hydrogen) atoms. The van der Waals surface area contributed by atoms with Crippen molar-refractivity contribution in [2.24, 2.45) is 0 Å². The van der Waals surface area contributed by atoms with Crippen molar-refractivity contribution in [1.29, 1.82) is 0 Å². The van der Waals surface area contributed by atoms with Gasteiger partial charge in [0, 0.05) is 32.0 Å². The highest BCUT2D eigenvalue weighted by Crippen LogP contribution is 2.34. The van der Waals surface area contributed by atoms with Gasteiger partial charge >= 0.3 is 0 Å². The molecule has 0 spiro atoms. The Balaban J connectivity index is 1.69. The van der Waals surface area contributed by atoms with Gasteiger partial charge in [0.15, 0.2) is 0 Å². The predicted octanol–water partition coefficient (Wildman–Crippen LogP) is 2.59. The molecule has 0 N–H and O–H groups in total. The van der Waals surface area contributed by atoms with Crippen molar-refractivity contribution in [3.63, 3.8) is 0 Å². The van der Waals surface area contributed by atoms with E-state index in [1.807, 2.05) is 0 Å². The molecular formula is C18H24N2O2. The summed E-state index contributed by atoms with van der Waals surface area (Å²) in [7, 11) is 0. The Labute approximate surface area is 132 Å². The lowest BCUT2D eigenvalue weighted by atomic mass is 9.97. The van der Waals surface area contributed by atoms with E-state index < -0.39 is 0 Å². The number of likely N-dealkylation sites (tertiary alicyclic amines) is 2. The molecule has 0 radical (unpaired) electrons. The molecule has 2 fully saturated rings. The molecule has 3 rings (SSSR count). The van der Waals surface area contributed by atoms with Crippen LogP contribution in [0.25, 0.3) is 0 Å². The number of carbonyl (C=O) groups is 2. The van der Waals surface area contributed by atoms with Crippen molar-refractivity contribution in [2.75, 3.05) is 19.6 Å². The van der Waals surface area contributed by atoms with Crippen LogP contribution in [0.4, 0.5) is 0 Å². The average Bonchev–Trinajstić information content (AvgIpc) is 3.07. The Morgan fingerprint density at radius 1 is 1.09 bits per heavy atom. The Bertz CT molecular complexity index is 581. The molecule has 0 bridgehead atoms. The third kappa shape index (κ3) is 2.93. The van der Waals surface area contributed by atoms with Gasteiger partial charge in [-0.15, -0.1) is 0 Å². The molecule has 0 aromatic heterocycles. The van der Waals surface area contributed by atoms with Gasteiger partial charge in [-0.3, -0.25) is 19.4 Å². The molecule has 2 heterocycles. The Morgan fingerprint density at radius 2 is 1.82 bits per heavy atom. The number of carbonyl (C=O) groups excluding carboxylic acids is 2. The van der Waals surface area contributed by atoms with Crippen molar-refractivity contribution in [2.45, 2.75) is 45.6 Å². The van der Waals surface area contributed by atoms with Gasteiger partial charge in [0.2, 0.25) is 11.8 Å². The molecule has 2 aliphatic rings. The molecule has 0 saturated carbocycles. The van der Waals surface area contributed by atoms with Gasteiger partial charge in [-0.25, -0.2) is 0 Å². The molecule has 2 saturated heterocycles. The van der Waals surface area contributed by atoms with Gasteiger partial charge in [-0.1, -0.05) is 23.8 Å². The van der Waals surface area contributed by atoms with Crippen molar-refractivity contribution in [3.8, 4) is 0 Å². The van der Waals surface area contributed by atoms with Gasteiger partial charge in [-0.2, -0.15) is 0 Å². The third-order valence-electron chi connectivity index (χ3n) is 4.92. The molecule has 1 aromatic carbocycles. The molecular weight excluding hydrogens is 276 g/mol. The lowest BCUT2D eigenvalue weighted by Gasteiger charge is -2.28. The highest BCUT2D eigenvalue weighted by atomic mass is 16.2. The first kappa shape index (κ1) is 15.2. The van der Waals surface area contributed by atoms with Crippen molar-refractivity contribution in [1.82, 2.24) is 9.80 Å². The van der Waals surface area contributed by atoms with Crippen LogP contribution in [0.15, 0.2) is 18.2 Å². The molecule has 0 aliphatic carbocycles. The molecule has 4 nitrogen and oxygen atoms in total. The summed E-state index contributed by atoms with van der Waals surface area (Å²) < 4.78 is 0. The van der Waals surface area contributed by atoms with Gasteiger partial charge in [0.05, 0.1) is 0 Å².